The van der Waals surface area contributed by atoms with Gasteiger partial charge in [0.2, 0.25) is 5.54 Å². The lowest BCUT2D eigenvalue weighted by Gasteiger charge is -2.24. The number of ether oxygens (including phenoxy) is 3. The van der Waals surface area contributed by atoms with Gasteiger partial charge in [0, 0.05) is 5.57 Å². The predicted molar refractivity (Wildman–Crippen MR) is 104 cm³/mol. The first-order valence-electron chi connectivity index (χ1n) is 9.06. The Morgan fingerprint density at radius 2 is 1.64 bits per heavy atom. The quantitative estimate of drug-likeness (QED) is 0.539. The molecule has 0 spiro atoms. The summed E-state index contributed by atoms with van der Waals surface area (Å²) in [4.78, 5) is 37.3. The summed E-state index contributed by atoms with van der Waals surface area (Å²) in [5.74, 6) is -1.13. The topological polar surface area (TPSA) is 90.9 Å². The molecule has 0 aliphatic carbocycles. The van der Waals surface area contributed by atoms with Crippen LogP contribution in [0.4, 0.5) is 0 Å². The predicted octanol–water partition coefficient (Wildman–Crippen LogP) is 2.06. The van der Waals surface area contributed by atoms with Gasteiger partial charge in [-0.25, -0.2) is 9.59 Å². The van der Waals surface area contributed by atoms with Crippen molar-refractivity contribution in [1.82, 2.24) is 5.32 Å². The molecule has 150 valence electrons. The van der Waals surface area contributed by atoms with Crippen LogP contribution in [0.2, 0.25) is 0 Å². The van der Waals surface area contributed by atoms with Gasteiger partial charge in [-0.2, -0.15) is 0 Å². The second-order valence-electron chi connectivity index (χ2n) is 6.16. The van der Waals surface area contributed by atoms with Crippen LogP contribution in [0, 0.1) is 0 Å². The van der Waals surface area contributed by atoms with Crippen molar-refractivity contribution in [3.63, 3.8) is 0 Å². The minimum absolute atomic E-state index is 0.0945. The molecule has 0 radical (unpaired) electrons. The highest BCUT2D eigenvalue weighted by Gasteiger charge is 2.53. The molecule has 0 saturated carbocycles. The van der Waals surface area contributed by atoms with Gasteiger partial charge in [0.05, 0.1) is 26.4 Å². The SMILES string of the molecule is CCOC(=O)C1(C(=O)OCC)C=C(C(C)=O)[C@H](/C=C/c2ccc(OC)cc2)N1. The Balaban J connectivity index is 2.36. The zero-order chi connectivity index (χ0) is 20.7. The molecule has 28 heavy (non-hydrogen) atoms. The molecule has 1 heterocycles. The van der Waals surface area contributed by atoms with Crippen molar-refractivity contribution in [2.24, 2.45) is 0 Å². The van der Waals surface area contributed by atoms with E-state index in [1.54, 1.807) is 33.1 Å². The lowest BCUT2D eigenvalue weighted by atomic mass is 9.99. The van der Waals surface area contributed by atoms with Gasteiger partial charge in [0.25, 0.3) is 0 Å². The average Bonchev–Trinajstić information content (AvgIpc) is 3.09. The third-order valence-corrected chi connectivity index (χ3v) is 4.29. The number of hydrogen-bond donors (Lipinski definition) is 1. The Labute approximate surface area is 164 Å². The highest BCUT2D eigenvalue weighted by molar-refractivity contribution is 6.11. The van der Waals surface area contributed by atoms with Crippen molar-refractivity contribution in [2.45, 2.75) is 32.4 Å². The third-order valence-electron chi connectivity index (χ3n) is 4.29. The van der Waals surface area contributed by atoms with Gasteiger partial charge in [0.1, 0.15) is 5.75 Å². The fourth-order valence-corrected chi connectivity index (χ4v) is 2.89. The maximum atomic E-state index is 12.6. The van der Waals surface area contributed by atoms with Crippen LogP contribution in [-0.2, 0) is 23.9 Å². The molecule has 0 aromatic heterocycles. The van der Waals surface area contributed by atoms with E-state index in [1.807, 2.05) is 24.3 Å². The summed E-state index contributed by atoms with van der Waals surface area (Å²) >= 11 is 0. The van der Waals surface area contributed by atoms with E-state index < -0.39 is 23.5 Å². The van der Waals surface area contributed by atoms with Crippen molar-refractivity contribution in [3.05, 3.63) is 47.6 Å². The monoisotopic (exact) mass is 387 g/mol. The minimum atomic E-state index is -1.85. The van der Waals surface area contributed by atoms with E-state index in [-0.39, 0.29) is 19.0 Å². The zero-order valence-electron chi connectivity index (χ0n) is 16.5. The van der Waals surface area contributed by atoms with Gasteiger partial charge in [0.15, 0.2) is 5.78 Å². The molecule has 1 aromatic carbocycles. The van der Waals surface area contributed by atoms with Gasteiger partial charge >= 0.3 is 11.9 Å². The number of esters is 2. The summed E-state index contributed by atoms with van der Waals surface area (Å²) in [6, 6.07) is 6.68. The van der Waals surface area contributed by atoms with Crippen molar-refractivity contribution in [1.29, 1.82) is 0 Å². The number of nitrogens with one attached hydrogen (secondary N) is 1. The van der Waals surface area contributed by atoms with E-state index in [0.29, 0.717) is 5.57 Å². The fraction of sp³-hybridized carbons (Fsp3) is 0.381. The van der Waals surface area contributed by atoms with Crippen LogP contribution in [-0.4, -0.2) is 49.6 Å². The second kappa shape index (κ2) is 9.32. The molecular weight excluding hydrogens is 362 g/mol. The molecule has 1 atom stereocenters. The Morgan fingerprint density at radius 1 is 1.07 bits per heavy atom. The number of carbonyl (C=O) groups is 3. The first-order chi connectivity index (χ1) is 13.4. The number of methoxy groups -OCH3 is 1. The Kier molecular flexibility index (Phi) is 7.12. The maximum Gasteiger partial charge on any atom is 0.342 e. The van der Waals surface area contributed by atoms with Crippen LogP contribution in [0.5, 0.6) is 5.75 Å². The number of rotatable bonds is 8. The van der Waals surface area contributed by atoms with Crippen LogP contribution in [0.3, 0.4) is 0 Å². The standard InChI is InChI=1S/C21H25NO6/c1-5-27-19(24)21(20(25)28-6-2)13-17(14(3)23)18(22-21)12-9-15-7-10-16(26-4)11-8-15/h7-13,18,22H,5-6H2,1-4H3/b12-9+/t18-/m0/s1. The number of ketones is 1. The van der Waals surface area contributed by atoms with E-state index >= 15 is 0 Å². The lowest BCUT2D eigenvalue weighted by molar-refractivity contribution is -0.162. The minimum Gasteiger partial charge on any atom is -0.497 e. The highest BCUT2D eigenvalue weighted by Crippen LogP contribution is 2.27. The normalized spacial score (nSPS) is 17.9. The van der Waals surface area contributed by atoms with Gasteiger partial charge in [-0.05, 0) is 44.5 Å². The van der Waals surface area contributed by atoms with Gasteiger partial charge in [-0.3, -0.25) is 10.1 Å². The molecule has 0 bridgehead atoms. The van der Waals surface area contributed by atoms with Gasteiger partial charge in [-0.15, -0.1) is 0 Å². The number of hydrogen-bond acceptors (Lipinski definition) is 7. The molecular formula is C21H25NO6. The Morgan fingerprint density at radius 3 is 2.11 bits per heavy atom. The number of benzene rings is 1. The number of carbonyl (C=O) groups excluding carboxylic acids is 3. The molecule has 7 nitrogen and oxygen atoms in total. The molecule has 7 heteroatoms. The average molecular weight is 387 g/mol. The Bertz CT molecular complexity index is 776. The highest BCUT2D eigenvalue weighted by atomic mass is 16.6. The summed E-state index contributed by atoms with van der Waals surface area (Å²) in [7, 11) is 1.58. The van der Waals surface area contributed by atoms with E-state index in [9.17, 15) is 14.4 Å². The molecule has 2 rings (SSSR count). The van der Waals surface area contributed by atoms with E-state index in [4.69, 9.17) is 14.2 Å². The van der Waals surface area contributed by atoms with Crippen LogP contribution in [0.25, 0.3) is 6.08 Å². The molecule has 1 N–H and O–H groups in total. The Hall–Kier alpha value is -2.93. The summed E-state index contributed by atoms with van der Waals surface area (Å²) in [5.41, 5.74) is -0.678. The van der Waals surface area contributed by atoms with Crippen molar-refractivity contribution < 1.29 is 28.6 Å². The van der Waals surface area contributed by atoms with Crippen molar-refractivity contribution in [3.8, 4) is 5.75 Å². The zero-order valence-corrected chi connectivity index (χ0v) is 16.5. The van der Waals surface area contributed by atoms with E-state index in [1.165, 1.54) is 13.0 Å². The third kappa shape index (κ3) is 4.48. The lowest BCUT2D eigenvalue weighted by Crippen LogP contribution is -2.57. The summed E-state index contributed by atoms with van der Waals surface area (Å²) < 4.78 is 15.3. The summed E-state index contributed by atoms with van der Waals surface area (Å²) in [5, 5.41) is 2.92. The summed E-state index contributed by atoms with van der Waals surface area (Å²) in [6.45, 7) is 4.85. The number of Topliss-reactive ketones (excluding diaryl/α,β-unsaturated/α-hetero) is 1. The molecule has 0 unspecified atom stereocenters. The first-order valence-corrected chi connectivity index (χ1v) is 9.06. The van der Waals surface area contributed by atoms with Crippen LogP contribution < -0.4 is 10.1 Å². The molecule has 1 aromatic rings. The largest absolute Gasteiger partial charge is 0.497 e. The van der Waals surface area contributed by atoms with Gasteiger partial charge in [-0.1, -0.05) is 24.3 Å². The van der Waals surface area contributed by atoms with Gasteiger partial charge < -0.3 is 14.2 Å². The van der Waals surface area contributed by atoms with E-state index in [2.05, 4.69) is 5.32 Å². The maximum absolute atomic E-state index is 12.6. The van der Waals surface area contributed by atoms with Crippen molar-refractivity contribution in [2.75, 3.05) is 20.3 Å². The smallest absolute Gasteiger partial charge is 0.342 e. The van der Waals surface area contributed by atoms with Crippen LogP contribution in [0.15, 0.2) is 42.0 Å². The summed E-state index contributed by atoms with van der Waals surface area (Å²) in [6.07, 6.45) is 4.82. The van der Waals surface area contributed by atoms with Crippen LogP contribution >= 0.6 is 0 Å². The molecule has 1 aliphatic rings. The molecule has 1 aliphatic heterocycles. The molecule has 0 fully saturated rings. The fourth-order valence-electron chi connectivity index (χ4n) is 2.89. The van der Waals surface area contributed by atoms with Crippen molar-refractivity contribution >= 4 is 23.8 Å². The molecule has 0 saturated heterocycles. The van der Waals surface area contributed by atoms with E-state index in [0.717, 1.165) is 11.3 Å². The second-order valence-corrected chi connectivity index (χ2v) is 6.16. The van der Waals surface area contributed by atoms with Crippen LogP contribution in [0.1, 0.15) is 26.3 Å². The first kappa shape index (κ1) is 21.4. The molecule has 0 amide bonds.